The zero-order valence-electron chi connectivity index (χ0n) is 9.11. The van der Waals surface area contributed by atoms with Gasteiger partial charge in [-0.2, -0.15) is 0 Å². The van der Waals surface area contributed by atoms with E-state index in [1.165, 1.54) is 0 Å². The summed E-state index contributed by atoms with van der Waals surface area (Å²) in [5.74, 6) is 0. The van der Waals surface area contributed by atoms with E-state index >= 15 is 0 Å². The molecule has 1 atom stereocenters. The molecule has 0 bridgehead atoms. The number of hydrogen-bond acceptors (Lipinski definition) is 2. The molecule has 0 spiro atoms. The van der Waals surface area contributed by atoms with Crippen molar-refractivity contribution in [2.24, 2.45) is 0 Å². The fourth-order valence-electron chi connectivity index (χ4n) is 2.44. The lowest BCUT2D eigenvalue weighted by Crippen LogP contribution is -2.33. The summed E-state index contributed by atoms with van der Waals surface area (Å²) in [6, 6.07) is 7.72. The Morgan fingerprint density at radius 2 is 1.80 bits per heavy atom. The second-order valence-electron chi connectivity index (χ2n) is 4.57. The predicted molar refractivity (Wildman–Crippen MR) is 59.6 cm³/mol. The molecule has 1 aliphatic carbocycles. The minimum Gasteiger partial charge on any atom is -0.387 e. The molecule has 1 aliphatic rings. The third kappa shape index (κ3) is 1.92. The molecule has 82 valence electrons. The van der Waals surface area contributed by atoms with Crippen molar-refractivity contribution in [3.05, 3.63) is 35.4 Å². The molecule has 2 N–H and O–H groups in total. The molecule has 0 aliphatic heterocycles. The Labute approximate surface area is 90.6 Å². The van der Waals surface area contributed by atoms with Gasteiger partial charge < -0.3 is 10.2 Å². The first-order valence-electron chi connectivity index (χ1n) is 5.59. The second kappa shape index (κ2) is 3.95. The molecule has 0 saturated heterocycles. The van der Waals surface area contributed by atoms with Crippen LogP contribution >= 0.6 is 0 Å². The number of rotatable bonds is 2. The smallest absolute Gasteiger partial charge is 0.108 e. The molecule has 2 nitrogen and oxygen atoms in total. The van der Waals surface area contributed by atoms with Crippen LogP contribution in [0.1, 0.15) is 42.9 Å². The Morgan fingerprint density at radius 3 is 2.40 bits per heavy atom. The van der Waals surface area contributed by atoms with Gasteiger partial charge in [0, 0.05) is 0 Å². The first-order chi connectivity index (χ1) is 7.13. The van der Waals surface area contributed by atoms with Gasteiger partial charge in [0.15, 0.2) is 0 Å². The molecule has 0 aromatic heterocycles. The van der Waals surface area contributed by atoms with Gasteiger partial charge in [0.25, 0.3) is 0 Å². The number of aliphatic hydroxyl groups is 2. The molecule has 15 heavy (non-hydrogen) atoms. The number of hydrogen-bond donors (Lipinski definition) is 2. The van der Waals surface area contributed by atoms with Crippen molar-refractivity contribution in [3.63, 3.8) is 0 Å². The number of aliphatic hydroxyl groups excluding tert-OH is 1. The van der Waals surface area contributed by atoms with E-state index < -0.39 is 11.7 Å². The first kappa shape index (κ1) is 10.7. The van der Waals surface area contributed by atoms with Gasteiger partial charge in [0.2, 0.25) is 0 Å². The van der Waals surface area contributed by atoms with Crippen molar-refractivity contribution in [2.75, 3.05) is 0 Å². The Morgan fingerprint density at radius 1 is 1.20 bits per heavy atom. The molecular weight excluding hydrogens is 188 g/mol. The summed E-state index contributed by atoms with van der Waals surface area (Å²) in [4.78, 5) is 0. The highest BCUT2D eigenvalue weighted by Crippen LogP contribution is 2.40. The zero-order valence-corrected chi connectivity index (χ0v) is 9.11. The molecule has 0 radical (unpaired) electrons. The van der Waals surface area contributed by atoms with Gasteiger partial charge >= 0.3 is 0 Å². The van der Waals surface area contributed by atoms with E-state index in [9.17, 15) is 10.2 Å². The normalized spacial score (nSPS) is 21.5. The lowest BCUT2D eigenvalue weighted by molar-refractivity contribution is -0.0721. The topological polar surface area (TPSA) is 40.5 Å². The van der Waals surface area contributed by atoms with Crippen LogP contribution in [0.5, 0.6) is 0 Å². The van der Waals surface area contributed by atoms with E-state index in [1.807, 2.05) is 31.2 Å². The van der Waals surface area contributed by atoms with E-state index in [4.69, 9.17) is 0 Å². The van der Waals surface area contributed by atoms with E-state index in [2.05, 4.69) is 0 Å². The Kier molecular flexibility index (Phi) is 2.81. The van der Waals surface area contributed by atoms with E-state index in [-0.39, 0.29) is 0 Å². The summed E-state index contributed by atoms with van der Waals surface area (Å²) in [7, 11) is 0. The van der Waals surface area contributed by atoms with Gasteiger partial charge in [0.1, 0.15) is 6.10 Å². The highest BCUT2D eigenvalue weighted by Gasteiger charge is 2.39. The summed E-state index contributed by atoms with van der Waals surface area (Å²) in [6.45, 7) is 1.97. The summed E-state index contributed by atoms with van der Waals surface area (Å²) >= 11 is 0. The first-order valence-corrected chi connectivity index (χ1v) is 5.59. The second-order valence-corrected chi connectivity index (χ2v) is 4.57. The SMILES string of the molecule is Cc1ccccc1C(O)C1(O)CCCC1. The van der Waals surface area contributed by atoms with E-state index in [0.29, 0.717) is 12.8 Å². The largest absolute Gasteiger partial charge is 0.387 e. The fourth-order valence-corrected chi connectivity index (χ4v) is 2.44. The van der Waals surface area contributed by atoms with Gasteiger partial charge in [-0.1, -0.05) is 37.1 Å². The molecule has 0 amide bonds. The monoisotopic (exact) mass is 206 g/mol. The van der Waals surface area contributed by atoms with Gasteiger partial charge in [0.05, 0.1) is 5.60 Å². The minimum atomic E-state index is -0.897. The Bertz CT molecular complexity index is 340. The Hall–Kier alpha value is -0.860. The molecule has 2 heteroatoms. The average molecular weight is 206 g/mol. The maximum absolute atomic E-state index is 10.3. The highest BCUT2D eigenvalue weighted by atomic mass is 16.3. The molecule has 1 unspecified atom stereocenters. The number of benzene rings is 1. The van der Waals surface area contributed by atoms with Gasteiger partial charge in [-0.25, -0.2) is 0 Å². The van der Waals surface area contributed by atoms with Crippen LogP contribution < -0.4 is 0 Å². The van der Waals surface area contributed by atoms with Crippen LogP contribution in [0.2, 0.25) is 0 Å². The quantitative estimate of drug-likeness (QED) is 0.779. The van der Waals surface area contributed by atoms with Gasteiger partial charge in [-0.3, -0.25) is 0 Å². The van der Waals surface area contributed by atoms with Crippen LogP contribution in [0, 0.1) is 6.92 Å². The van der Waals surface area contributed by atoms with Crippen molar-refractivity contribution in [1.29, 1.82) is 0 Å². The summed E-state index contributed by atoms with van der Waals surface area (Å²) in [5.41, 5.74) is 1.01. The summed E-state index contributed by atoms with van der Waals surface area (Å²) < 4.78 is 0. The molecule has 1 saturated carbocycles. The molecule has 1 aromatic carbocycles. The van der Waals surface area contributed by atoms with Crippen molar-refractivity contribution >= 4 is 0 Å². The lowest BCUT2D eigenvalue weighted by atomic mass is 9.87. The molecule has 1 fully saturated rings. The third-order valence-corrected chi connectivity index (χ3v) is 3.46. The zero-order chi connectivity index (χ0) is 10.9. The highest BCUT2D eigenvalue weighted by molar-refractivity contribution is 5.29. The predicted octanol–water partition coefficient (Wildman–Crippen LogP) is 2.33. The van der Waals surface area contributed by atoms with Gasteiger partial charge in [-0.05, 0) is 30.9 Å². The Balaban J connectivity index is 2.27. The van der Waals surface area contributed by atoms with Crippen molar-refractivity contribution in [2.45, 2.75) is 44.3 Å². The van der Waals surface area contributed by atoms with Crippen molar-refractivity contribution in [1.82, 2.24) is 0 Å². The van der Waals surface area contributed by atoms with Crippen LogP contribution in [-0.4, -0.2) is 15.8 Å². The maximum Gasteiger partial charge on any atom is 0.108 e. The number of aryl methyl sites for hydroxylation is 1. The van der Waals surface area contributed by atoms with Gasteiger partial charge in [-0.15, -0.1) is 0 Å². The molecule has 1 aromatic rings. The van der Waals surface area contributed by atoms with Crippen LogP contribution in [-0.2, 0) is 0 Å². The molecule has 2 rings (SSSR count). The minimum absolute atomic E-state index is 0.711. The maximum atomic E-state index is 10.3. The van der Waals surface area contributed by atoms with Crippen LogP contribution in [0.4, 0.5) is 0 Å². The summed E-state index contributed by atoms with van der Waals surface area (Å²) in [5, 5.41) is 20.5. The van der Waals surface area contributed by atoms with Crippen LogP contribution in [0.3, 0.4) is 0 Å². The van der Waals surface area contributed by atoms with Crippen molar-refractivity contribution in [3.8, 4) is 0 Å². The third-order valence-electron chi connectivity index (χ3n) is 3.46. The van der Waals surface area contributed by atoms with Crippen LogP contribution in [0.25, 0.3) is 0 Å². The molecule has 0 heterocycles. The molecular formula is C13H18O2. The van der Waals surface area contributed by atoms with E-state index in [1.54, 1.807) is 0 Å². The summed E-state index contributed by atoms with van der Waals surface area (Å²) in [6.07, 6.45) is 2.71. The van der Waals surface area contributed by atoms with E-state index in [0.717, 1.165) is 24.0 Å². The lowest BCUT2D eigenvalue weighted by Gasteiger charge is -2.29. The van der Waals surface area contributed by atoms with Crippen molar-refractivity contribution < 1.29 is 10.2 Å². The van der Waals surface area contributed by atoms with Crippen LogP contribution in [0.15, 0.2) is 24.3 Å². The average Bonchev–Trinajstić information content (AvgIpc) is 2.66. The fraction of sp³-hybridized carbons (Fsp3) is 0.538. The standard InChI is InChI=1S/C13H18O2/c1-10-6-2-3-7-11(10)12(14)13(15)8-4-5-9-13/h2-3,6-7,12,14-15H,4-5,8-9H2,1H3.